The summed E-state index contributed by atoms with van der Waals surface area (Å²) in [7, 11) is 1.57. The van der Waals surface area contributed by atoms with E-state index in [-0.39, 0.29) is 12.5 Å². The van der Waals surface area contributed by atoms with Crippen LogP contribution in [0.15, 0.2) is 95.7 Å². The maximum Gasteiger partial charge on any atom is 0.340 e. The van der Waals surface area contributed by atoms with Crippen molar-refractivity contribution in [2.24, 2.45) is 0 Å². The molecule has 0 spiro atoms. The highest BCUT2D eigenvalue weighted by Crippen LogP contribution is 2.34. The van der Waals surface area contributed by atoms with E-state index < -0.39 is 5.97 Å². The molecule has 37 heavy (non-hydrogen) atoms. The van der Waals surface area contributed by atoms with Crippen LogP contribution in [-0.4, -0.2) is 37.0 Å². The molecule has 1 amide bonds. The summed E-state index contributed by atoms with van der Waals surface area (Å²) in [5.41, 5.74) is 4.08. The first kappa shape index (κ1) is 25.8. The minimum Gasteiger partial charge on any atom is -0.493 e. The van der Waals surface area contributed by atoms with Gasteiger partial charge in [0.25, 0.3) is 5.91 Å². The summed E-state index contributed by atoms with van der Waals surface area (Å²) in [6.45, 7) is 4.63. The molecule has 0 atom stereocenters. The van der Waals surface area contributed by atoms with E-state index in [0.29, 0.717) is 53.5 Å². The number of ether oxygens (including phenoxy) is 3. The van der Waals surface area contributed by atoms with E-state index >= 15 is 0 Å². The maximum absolute atomic E-state index is 13.5. The highest BCUT2D eigenvalue weighted by atomic mass is 16.5. The van der Waals surface area contributed by atoms with Gasteiger partial charge in [0.15, 0.2) is 11.5 Å². The molecule has 0 saturated heterocycles. The summed E-state index contributed by atoms with van der Waals surface area (Å²) in [6, 6.07) is 25.3. The van der Waals surface area contributed by atoms with E-state index in [4.69, 9.17) is 14.2 Å². The molecule has 0 radical (unpaired) electrons. The SMILES string of the molecule is CCOC(=O)C1=C(C)N(CCc2ccccc2)C(=O)/C1=C\c1ccc(OCc2ccccc2)c(OC)c1. The second-order valence-electron chi connectivity index (χ2n) is 8.62. The monoisotopic (exact) mass is 497 g/mol. The zero-order chi connectivity index (χ0) is 26.2. The Labute approximate surface area is 217 Å². The summed E-state index contributed by atoms with van der Waals surface area (Å²) in [5, 5.41) is 0. The van der Waals surface area contributed by atoms with Crippen LogP contribution >= 0.6 is 0 Å². The minimum absolute atomic E-state index is 0.222. The number of carbonyl (C=O) groups is 2. The van der Waals surface area contributed by atoms with Crippen molar-refractivity contribution in [3.63, 3.8) is 0 Å². The first-order chi connectivity index (χ1) is 18.0. The second-order valence-corrected chi connectivity index (χ2v) is 8.62. The van der Waals surface area contributed by atoms with E-state index in [2.05, 4.69) is 0 Å². The molecule has 3 aromatic rings. The molecule has 0 fully saturated rings. The van der Waals surface area contributed by atoms with Gasteiger partial charge >= 0.3 is 5.97 Å². The van der Waals surface area contributed by atoms with Crippen molar-refractivity contribution in [1.82, 2.24) is 4.90 Å². The van der Waals surface area contributed by atoms with Crippen molar-refractivity contribution in [2.45, 2.75) is 26.9 Å². The average molecular weight is 498 g/mol. The molecule has 190 valence electrons. The molecule has 0 saturated carbocycles. The van der Waals surface area contributed by atoms with Gasteiger partial charge in [0, 0.05) is 12.2 Å². The fourth-order valence-electron chi connectivity index (χ4n) is 4.28. The Balaban J connectivity index is 1.60. The summed E-state index contributed by atoms with van der Waals surface area (Å²) < 4.78 is 16.8. The molecule has 6 nitrogen and oxygen atoms in total. The number of nitrogens with zero attached hydrogens (tertiary/aromatic N) is 1. The number of hydrogen-bond acceptors (Lipinski definition) is 5. The van der Waals surface area contributed by atoms with Gasteiger partial charge in [0.05, 0.1) is 24.9 Å². The summed E-state index contributed by atoms with van der Waals surface area (Å²) in [5.74, 6) is 0.402. The Morgan fingerprint density at radius 3 is 2.24 bits per heavy atom. The molecule has 1 heterocycles. The molecule has 6 heteroatoms. The van der Waals surface area contributed by atoms with E-state index in [0.717, 1.165) is 11.1 Å². The molecule has 0 N–H and O–H groups in total. The fourth-order valence-corrected chi connectivity index (χ4v) is 4.28. The molecule has 0 aliphatic carbocycles. The van der Waals surface area contributed by atoms with Gasteiger partial charge in [-0.15, -0.1) is 0 Å². The molecule has 0 unspecified atom stereocenters. The Morgan fingerprint density at radius 1 is 0.919 bits per heavy atom. The van der Waals surface area contributed by atoms with E-state index in [1.807, 2.05) is 66.7 Å². The quantitative estimate of drug-likeness (QED) is 0.270. The number of allylic oxidation sites excluding steroid dienone is 1. The van der Waals surface area contributed by atoms with Crippen molar-refractivity contribution < 1.29 is 23.8 Å². The Morgan fingerprint density at radius 2 is 1.59 bits per heavy atom. The van der Waals surface area contributed by atoms with Crippen molar-refractivity contribution in [3.8, 4) is 11.5 Å². The van der Waals surface area contributed by atoms with Crippen LogP contribution in [0.2, 0.25) is 0 Å². The second kappa shape index (κ2) is 12.1. The Hall–Kier alpha value is -4.32. The van der Waals surface area contributed by atoms with Crippen LogP contribution < -0.4 is 9.47 Å². The lowest BCUT2D eigenvalue weighted by Crippen LogP contribution is -2.27. The molecular weight excluding hydrogens is 466 g/mol. The summed E-state index contributed by atoms with van der Waals surface area (Å²) in [6.07, 6.45) is 2.39. The number of rotatable bonds is 10. The summed E-state index contributed by atoms with van der Waals surface area (Å²) in [4.78, 5) is 28.0. The predicted octanol–water partition coefficient (Wildman–Crippen LogP) is 5.58. The van der Waals surface area contributed by atoms with Gasteiger partial charge in [0.2, 0.25) is 0 Å². The van der Waals surface area contributed by atoms with E-state index in [9.17, 15) is 9.59 Å². The van der Waals surface area contributed by atoms with Crippen LogP contribution in [0.3, 0.4) is 0 Å². The van der Waals surface area contributed by atoms with Gasteiger partial charge in [-0.25, -0.2) is 4.79 Å². The number of benzene rings is 3. The lowest BCUT2D eigenvalue weighted by atomic mass is 10.0. The number of carbonyl (C=O) groups excluding carboxylic acids is 2. The molecule has 1 aliphatic rings. The van der Waals surface area contributed by atoms with Crippen LogP contribution in [0.4, 0.5) is 0 Å². The van der Waals surface area contributed by atoms with Gasteiger partial charge < -0.3 is 19.1 Å². The third-order valence-corrected chi connectivity index (χ3v) is 6.19. The van der Waals surface area contributed by atoms with Crippen LogP contribution in [0.1, 0.15) is 30.5 Å². The smallest absolute Gasteiger partial charge is 0.340 e. The van der Waals surface area contributed by atoms with Crippen molar-refractivity contribution in [3.05, 3.63) is 112 Å². The fraction of sp³-hybridized carbons (Fsp3) is 0.226. The average Bonchev–Trinajstić information content (AvgIpc) is 3.16. The molecule has 0 bridgehead atoms. The van der Waals surface area contributed by atoms with Gasteiger partial charge in [-0.05, 0) is 55.2 Å². The lowest BCUT2D eigenvalue weighted by molar-refractivity contribution is -0.138. The van der Waals surface area contributed by atoms with Crippen LogP contribution in [-0.2, 0) is 27.4 Å². The third-order valence-electron chi connectivity index (χ3n) is 6.19. The number of esters is 1. The highest BCUT2D eigenvalue weighted by Gasteiger charge is 2.37. The van der Waals surface area contributed by atoms with E-state index in [1.165, 1.54) is 0 Å². The molecular formula is C31H31NO5. The van der Waals surface area contributed by atoms with Gasteiger partial charge in [-0.1, -0.05) is 66.7 Å². The summed E-state index contributed by atoms with van der Waals surface area (Å²) >= 11 is 0. The lowest BCUT2D eigenvalue weighted by Gasteiger charge is -2.17. The standard InChI is InChI=1S/C31H31NO5/c1-4-36-31(34)29-22(2)32(18-17-23-11-7-5-8-12-23)30(33)26(29)19-25-15-16-27(28(20-25)35-3)37-21-24-13-9-6-10-14-24/h5-16,19-20H,4,17-18,21H2,1-3H3/b26-19-. The first-order valence-corrected chi connectivity index (χ1v) is 12.3. The zero-order valence-corrected chi connectivity index (χ0v) is 21.4. The van der Waals surface area contributed by atoms with Gasteiger partial charge in [-0.2, -0.15) is 0 Å². The van der Waals surface area contributed by atoms with Gasteiger partial charge in [-0.3, -0.25) is 4.79 Å². The Kier molecular flexibility index (Phi) is 8.41. The maximum atomic E-state index is 13.5. The molecule has 3 aromatic carbocycles. The highest BCUT2D eigenvalue weighted by molar-refractivity contribution is 6.16. The number of hydrogen-bond donors (Lipinski definition) is 0. The van der Waals surface area contributed by atoms with E-state index in [1.54, 1.807) is 44.1 Å². The predicted molar refractivity (Wildman–Crippen MR) is 143 cm³/mol. The van der Waals surface area contributed by atoms with Crippen molar-refractivity contribution in [1.29, 1.82) is 0 Å². The van der Waals surface area contributed by atoms with Crippen LogP contribution in [0.25, 0.3) is 6.08 Å². The first-order valence-electron chi connectivity index (χ1n) is 12.3. The van der Waals surface area contributed by atoms with Gasteiger partial charge in [0.1, 0.15) is 6.61 Å². The molecule has 1 aliphatic heterocycles. The zero-order valence-electron chi connectivity index (χ0n) is 21.4. The minimum atomic E-state index is -0.503. The normalized spacial score (nSPS) is 14.3. The van der Waals surface area contributed by atoms with Crippen molar-refractivity contribution >= 4 is 18.0 Å². The largest absolute Gasteiger partial charge is 0.493 e. The molecule has 4 rings (SSSR count). The van der Waals surface area contributed by atoms with Crippen LogP contribution in [0, 0.1) is 0 Å². The van der Waals surface area contributed by atoms with Crippen molar-refractivity contribution in [2.75, 3.05) is 20.3 Å². The Bertz CT molecular complexity index is 1310. The third kappa shape index (κ3) is 6.09. The number of methoxy groups -OCH3 is 1. The van der Waals surface area contributed by atoms with Crippen LogP contribution in [0.5, 0.6) is 11.5 Å². The topological polar surface area (TPSA) is 65.1 Å². The molecule has 0 aromatic heterocycles. The number of amides is 1.